The average Bonchev–Trinajstić information content (AvgIpc) is 2.63. The lowest BCUT2D eigenvalue weighted by atomic mass is 10.2. The fourth-order valence-electron chi connectivity index (χ4n) is 2.25. The fraction of sp³-hybridized carbons (Fsp3) is 0.250. The quantitative estimate of drug-likeness (QED) is 0.532. The predicted octanol–water partition coefficient (Wildman–Crippen LogP) is 1.68. The molecular formula is C16H11ClF4N2O6. The molecule has 2 rings (SSSR count). The Morgan fingerprint density at radius 1 is 1.17 bits per heavy atom. The van der Waals surface area contributed by atoms with E-state index < -0.39 is 63.8 Å². The molecule has 1 heterocycles. The summed E-state index contributed by atoms with van der Waals surface area (Å²) < 4.78 is 62.2. The summed E-state index contributed by atoms with van der Waals surface area (Å²) in [4.78, 5) is 47.5. The van der Waals surface area contributed by atoms with Crippen molar-refractivity contribution < 1.29 is 36.6 Å². The standard InChI is InChI=1S/C16H11ClF4N2O6/c1-22-11(16(19,20)21)5-12(24)23(15(22)27)10-3-7(8(17)4-9(10)18)14(26)29-6-13(25)28-2/h3-5H,6H2,1-2H3. The van der Waals surface area contributed by atoms with Gasteiger partial charge in [0.2, 0.25) is 0 Å². The number of benzene rings is 1. The molecule has 0 N–H and O–H groups in total. The van der Waals surface area contributed by atoms with E-state index in [0.717, 1.165) is 14.2 Å². The Hall–Kier alpha value is -3.15. The van der Waals surface area contributed by atoms with E-state index in [1.807, 2.05) is 0 Å². The first-order valence-corrected chi connectivity index (χ1v) is 7.90. The van der Waals surface area contributed by atoms with Gasteiger partial charge in [0.15, 0.2) is 6.61 Å². The molecule has 1 aromatic carbocycles. The summed E-state index contributed by atoms with van der Waals surface area (Å²) in [5.74, 6) is -3.40. The van der Waals surface area contributed by atoms with Crippen LogP contribution in [-0.2, 0) is 27.5 Å². The minimum absolute atomic E-state index is 0.0952. The van der Waals surface area contributed by atoms with E-state index in [4.69, 9.17) is 11.6 Å². The number of esters is 2. The number of carbonyl (C=O) groups excluding carboxylic acids is 2. The van der Waals surface area contributed by atoms with Gasteiger partial charge in [0, 0.05) is 13.1 Å². The molecule has 0 bridgehead atoms. The Morgan fingerprint density at radius 3 is 2.34 bits per heavy atom. The van der Waals surface area contributed by atoms with Crippen LogP contribution in [-0.4, -0.2) is 34.8 Å². The summed E-state index contributed by atoms with van der Waals surface area (Å²) in [6, 6.07) is 1.31. The van der Waals surface area contributed by atoms with Crippen LogP contribution in [0.25, 0.3) is 5.69 Å². The van der Waals surface area contributed by atoms with Gasteiger partial charge in [-0.1, -0.05) is 11.6 Å². The van der Waals surface area contributed by atoms with Gasteiger partial charge in [0.05, 0.1) is 23.4 Å². The van der Waals surface area contributed by atoms with Gasteiger partial charge in [-0.15, -0.1) is 0 Å². The lowest BCUT2D eigenvalue weighted by molar-refractivity contribution is -0.144. The van der Waals surface area contributed by atoms with Crippen LogP contribution in [0.15, 0.2) is 27.8 Å². The molecule has 29 heavy (non-hydrogen) atoms. The van der Waals surface area contributed by atoms with Crippen LogP contribution in [0.1, 0.15) is 16.1 Å². The van der Waals surface area contributed by atoms with E-state index in [-0.39, 0.29) is 15.2 Å². The Morgan fingerprint density at radius 2 is 1.79 bits per heavy atom. The average molecular weight is 439 g/mol. The van der Waals surface area contributed by atoms with Gasteiger partial charge in [0.25, 0.3) is 5.56 Å². The first kappa shape index (κ1) is 22.1. The molecule has 1 aromatic heterocycles. The van der Waals surface area contributed by atoms with E-state index in [1.165, 1.54) is 0 Å². The monoisotopic (exact) mass is 438 g/mol. The van der Waals surface area contributed by atoms with Gasteiger partial charge >= 0.3 is 23.8 Å². The Kier molecular flexibility index (Phi) is 6.16. The van der Waals surface area contributed by atoms with Crippen LogP contribution in [0.4, 0.5) is 17.6 Å². The number of carbonyl (C=O) groups is 2. The molecular weight excluding hydrogens is 428 g/mol. The Bertz CT molecular complexity index is 1110. The topological polar surface area (TPSA) is 96.6 Å². The molecule has 2 aromatic rings. The van der Waals surface area contributed by atoms with Crippen molar-refractivity contribution in [3.05, 3.63) is 61.1 Å². The molecule has 8 nitrogen and oxygen atoms in total. The maximum absolute atomic E-state index is 14.3. The number of hydrogen-bond acceptors (Lipinski definition) is 6. The number of nitrogens with zero attached hydrogens (tertiary/aromatic N) is 2. The van der Waals surface area contributed by atoms with Gasteiger partial charge in [-0.05, 0) is 12.1 Å². The second kappa shape index (κ2) is 8.07. The number of aromatic nitrogens is 2. The van der Waals surface area contributed by atoms with Crippen molar-refractivity contribution in [3.8, 4) is 5.69 Å². The number of methoxy groups -OCH3 is 1. The molecule has 0 amide bonds. The smallest absolute Gasteiger partial charge is 0.431 e. The van der Waals surface area contributed by atoms with E-state index in [9.17, 15) is 36.7 Å². The molecule has 13 heteroatoms. The molecule has 0 unspecified atom stereocenters. The van der Waals surface area contributed by atoms with Crippen LogP contribution in [0.2, 0.25) is 5.02 Å². The number of hydrogen-bond donors (Lipinski definition) is 0. The molecule has 0 radical (unpaired) electrons. The van der Waals surface area contributed by atoms with Crippen molar-refractivity contribution in [2.75, 3.05) is 13.7 Å². The molecule has 0 spiro atoms. The highest BCUT2D eigenvalue weighted by atomic mass is 35.5. The fourth-order valence-corrected chi connectivity index (χ4v) is 2.47. The maximum atomic E-state index is 14.3. The summed E-state index contributed by atoms with van der Waals surface area (Å²) in [5.41, 5.74) is -5.93. The van der Waals surface area contributed by atoms with Gasteiger partial charge in [-0.2, -0.15) is 13.2 Å². The van der Waals surface area contributed by atoms with Crippen molar-refractivity contribution in [2.45, 2.75) is 6.18 Å². The van der Waals surface area contributed by atoms with Crippen molar-refractivity contribution in [1.29, 1.82) is 0 Å². The number of ether oxygens (including phenoxy) is 2. The molecule has 0 aliphatic rings. The van der Waals surface area contributed by atoms with Crippen LogP contribution < -0.4 is 11.2 Å². The third kappa shape index (κ3) is 4.47. The molecule has 0 aliphatic carbocycles. The molecule has 0 atom stereocenters. The van der Waals surface area contributed by atoms with Gasteiger partial charge in [-0.3, -0.25) is 9.36 Å². The van der Waals surface area contributed by atoms with Crippen molar-refractivity contribution in [2.24, 2.45) is 7.05 Å². The summed E-state index contributed by atoms with van der Waals surface area (Å²) in [6.07, 6.45) is -5.01. The van der Waals surface area contributed by atoms with Gasteiger partial charge in [0.1, 0.15) is 11.5 Å². The first-order valence-electron chi connectivity index (χ1n) is 7.52. The highest BCUT2D eigenvalue weighted by Gasteiger charge is 2.35. The second-order valence-corrected chi connectivity index (χ2v) is 5.89. The SMILES string of the molecule is COC(=O)COC(=O)c1cc(-n2c(=O)cc(C(F)(F)F)n(C)c2=O)c(F)cc1Cl. The molecule has 156 valence electrons. The zero-order valence-electron chi connectivity index (χ0n) is 14.7. The van der Waals surface area contributed by atoms with E-state index in [1.54, 1.807) is 0 Å². The zero-order valence-corrected chi connectivity index (χ0v) is 15.4. The van der Waals surface area contributed by atoms with E-state index >= 15 is 0 Å². The first-order chi connectivity index (χ1) is 13.4. The van der Waals surface area contributed by atoms with Gasteiger partial charge < -0.3 is 9.47 Å². The third-order valence-electron chi connectivity index (χ3n) is 3.66. The highest BCUT2D eigenvalue weighted by molar-refractivity contribution is 6.33. The molecule has 0 saturated heterocycles. The third-order valence-corrected chi connectivity index (χ3v) is 3.97. The molecule has 0 aliphatic heterocycles. The Balaban J connectivity index is 2.64. The maximum Gasteiger partial charge on any atom is 0.431 e. The second-order valence-electron chi connectivity index (χ2n) is 5.48. The van der Waals surface area contributed by atoms with Gasteiger partial charge in [-0.25, -0.2) is 23.3 Å². The van der Waals surface area contributed by atoms with E-state index in [0.29, 0.717) is 12.1 Å². The molecule has 0 fully saturated rings. The van der Waals surface area contributed by atoms with Crippen molar-refractivity contribution >= 4 is 23.5 Å². The van der Waals surface area contributed by atoms with Crippen molar-refractivity contribution in [1.82, 2.24) is 9.13 Å². The summed E-state index contributed by atoms with van der Waals surface area (Å²) >= 11 is 5.75. The zero-order chi connectivity index (χ0) is 22.1. The lowest BCUT2D eigenvalue weighted by Gasteiger charge is -2.15. The minimum atomic E-state index is -5.01. The van der Waals surface area contributed by atoms with Crippen LogP contribution >= 0.6 is 11.6 Å². The minimum Gasteiger partial charge on any atom is -0.466 e. The van der Waals surface area contributed by atoms with Crippen LogP contribution in [0.5, 0.6) is 0 Å². The summed E-state index contributed by atoms with van der Waals surface area (Å²) in [6.45, 7) is -0.805. The number of halogens is 5. The summed E-state index contributed by atoms with van der Waals surface area (Å²) in [7, 11) is 1.77. The summed E-state index contributed by atoms with van der Waals surface area (Å²) in [5, 5.41) is -0.488. The van der Waals surface area contributed by atoms with Crippen LogP contribution in [0.3, 0.4) is 0 Å². The predicted molar refractivity (Wildman–Crippen MR) is 89.5 cm³/mol. The van der Waals surface area contributed by atoms with Crippen molar-refractivity contribution in [3.63, 3.8) is 0 Å². The largest absolute Gasteiger partial charge is 0.466 e. The number of rotatable bonds is 4. The lowest BCUT2D eigenvalue weighted by Crippen LogP contribution is -2.41. The van der Waals surface area contributed by atoms with Crippen LogP contribution in [0, 0.1) is 5.82 Å². The normalized spacial score (nSPS) is 11.3. The molecule has 0 saturated carbocycles. The Labute approximate surface area is 163 Å². The van der Waals surface area contributed by atoms with E-state index in [2.05, 4.69) is 9.47 Å². The number of alkyl halides is 3. The highest BCUT2D eigenvalue weighted by Crippen LogP contribution is 2.27.